The van der Waals surface area contributed by atoms with Crippen molar-refractivity contribution in [1.82, 2.24) is 4.98 Å². The van der Waals surface area contributed by atoms with Gasteiger partial charge in [-0.15, -0.1) is 0 Å². The molecule has 20 heavy (non-hydrogen) atoms. The van der Waals surface area contributed by atoms with Gasteiger partial charge in [-0.2, -0.15) is 0 Å². The lowest BCUT2D eigenvalue weighted by Gasteiger charge is -2.12. The van der Waals surface area contributed by atoms with E-state index in [0.717, 1.165) is 25.7 Å². The summed E-state index contributed by atoms with van der Waals surface area (Å²) in [6, 6.07) is 1.18. The van der Waals surface area contributed by atoms with Gasteiger partial charge in [0.1, 0.15) is 10.6 Å². The minimum atomic E-state index is -3.80. The molecule has 0 aliphatic rings. The van der Waals surface area contributed by atoms with Gasteiger partial charge in [-0.1, -0.05) is 26.2 Å². The topological polar surface area (TPSA) is 102 Å². The van der Waals surface area contributed by atoms with Crippen molar-refractivity contribution < 1.29 is 17.9 Å². The van der Waals surface area contributed by atoms with Gasteiger partial charge in [0, 0.05) is 6.20 Å². The van der Waals surface area contributed by atoms with Gasteiger partial charge in [0.25, 0.3) is 0 Å². The van der Waals surface area contributed by atoms with Gasteiger partial charge in [0.05, 0.1) is 6.10 Å². The van der Waals surface area contributed by atoms with Crippen LogP contribution in [-0.2, 0) is 14.8 Å². The van der Waals surface area contributed by atoms with Crippen LogP contribution in [0, 0.1) is 0 Å². The first-order valence-electron chi connectivity index (χ1n) is 6.76. The number of rotatable bonds is 8. The summed E-state index contributed by atoms with van der Waals surface area (Å²) in [5, 5.41) is 4.97. The van der Waals surface area contributed by atoms with Gasteiger partial charge in [0.2, 0.25) is 10.0 Å². The summed E-state index contributed by atoms with van der Waals surface area (Å²) >= 11 is 0. The Hall–Kier alpha value is -1.34. The summed E-state index contributed by atoms with van der Waals surface area (Å²) in [5.74, 6) is -0.567. The number of H-pyrrole nitrogens is 1. The van der Waals surface area contributed by atoms with Gasteiger partial charge in [-0.05, 0) is 25.8 Å². The SMILES string of the molecule is CCCCCCC(C)OC(=O)c1cc(S(N)(=O)=O)c[nH]1. The van der Waals surface area contributed by atoms with Crippen LogP contribution in [0.4, 0.5) is 0 Å². The van der Waals surface area contributed by atoms with Gasteiger partial charge >= 0.3 is 5.97 Å². The summed E-state index contributed by atoms with van der Waals surface area (Å²) in [5.41, 5.74) is 0.0921. The van der Waals surface area contributed by atoms with Crippen molar-refractivity contribution in [3.05, 3.63) is 18.0 Å². The number of hydrogen-bond donors (Lipinski definition) is 2. The van der Waals surface area contributed by atoms with E-state index in [2.05, 4.69) is 11.9 Å². The Bertz CT molecular complexity index is 536. The molecule has 0 amide bonds. The Morgan fingerprint density at radius 1 is 1.40 bits per heavy atom. The van der Waals surface area contributed by atoms with Crippen LogP contribution in [0.25, 0.3) is 0 Å². The average Bonchev–Trinajstić information content (AvgIpc) is 2.84. The molecule has 0 fully saturated rings. The van der Waals surface area contributed by atoms with Gasteiger partial charge in [-0.3, -0.25) is 0 Å². The molecule has 0 spiro atoms. The van der Waals surface area contributed by atoms with Crippen LogP contribution < -0.4 is 5.14 Å². The van der Waals surface area contributed by atoms with E-state index >= 15 is 0 Å². The quantitative estimate of drug-likeness (QED) is 0.567. The lowest BCUT2D eigenvalue weighted by atomic mass is 10.1. The zero-order valence-corrected chi connectivity index (χ0v) is 12.7. The third kappa shape index (κ3) is 5.34. The molecule has 1 aromatic heterocycles. The number of carbonyl (C=O) groups is 1. The Morgan fingerprint density at radius 3 is 2.65 bits per heavy atom. The number of aromatic nitrogens is 1. The van der Waals surface area contributed by atoms with Crippen molar-refractivity contribution in [1.29, 1.82) is 0 Å². The van der Waals surface area contributed by atoms with Crippen LogP contribution in [0.5, 0.6) is 0 Å². The zero-order chi connectivity index (χ0) is 15.2. The van der Waals surface area contributed by atoms with E-state index in [1.165, 1.54) is 18.7 Å². The Labute approximate surface area is 119 Å². The number of sulfonamides is 1. The lowest BCUT2D eigenvalue weighted by molar-refractivity contribution is 0.0313. The molecule has 1 atom stereocenters. The van der Waals surface area contributed by atoms with Crippen LogP contribution >= 0.6 is 0 Å². The first kappa shape index (κ1) is 16.7. The number of carbonyl (C=O) groups excluding carboxylic acids is 1. The monoisotopic (exact) mass is 302 g/mol. The highest BCUT2D eigenvalue weighted by molar-refractivity contribution is 7.89. The average molecular weight is 302 g/mol. The summed E-state index contributed by atoms with van der Waals surface area (Å²) in [4.78, 5) is 14.2. The van der Waals surface area contributed by atoms with Crippen LogP contribution in [-0.4, -0.2) is 25.5 Å². The maximum absolute atomic E-state index is 11.8. The molecule has 1 heterocycles. The summed E-state index contributed by atoms with van der Waals surface area (Å²) in [6.45, 7) is 3.96. The van der Waals surface area contributed by atoms with Crippen molar-refractivity contribution in [2.45, 2.75) is 57.0 Å². The minimum absolute atomic E-state index is 0.0921. The maximum Gasteiger partial charge on any atom is 0.355 e. The largest absolute Gasteiger partial charge is 0.458 e. The smallest absolute Gasteiger partial charge is 0.355 e. The summed E-state index contributed by atoms with van der Waals surface area (Å²) in [6.07, 6.45) is 6.25. The molecule has 0 bridgehead atoms. The fourth-order valence-electron chi connectivity index (χ4n) is 1.82. The second-order valence-corrected chi connectivity index (χ2v) is 6.42. The van der Waals surface area contributed by atoms with Gasteiger partial charge in [0.15, 0.2) is 0 Å². The normalized spacial score (nSPS) is 13.2. The minimum Gasteiger partial charge on any atom is -0.458 e. The molecule has 0 saturated carbocycles. The van der Waals surface area contributed by atoms with E-state index in [-0.39, 0.29) is 16.7 Å². The number of aromatic amines is 1. The number of unbranched alkanes of at least 4 members (excludes halogenated alkanes) is 3. The zero-order valence-electron chi connectivity index (χ0n) is 11.9. The number of primary sulfonamides is 1. The number of nitrogens with one attached hydrogen (secondary N) is 1. The molecule has 114 valence electrons. The number of nitrogens with two attached hydrogens (primary N) is 1. The lowest BCUT2D eigenvalue weighted by Crippen LogP contribution is -2.15. The van der Waals surface area contributed by atoms with Crippen LogP contribution in [0.15, 0.2) is 17.2 Å². The highest BCUT2D eigenvalue weighted by Crippen LogP contribution is 2.13. The fourth-order valence-corrected chi connectivity index (χ4v) is 2.33. The fraction of sp³-hybridized carbons (Fsp3) is 0.615. The molecule has 3 N–H and O–H groups in total. The summed E-state index contributed by atoms with van der Waals surface area (Å²) in [7, 11) is -3.80. The van der Waals surface area contributed by atoms with E-state index in [4.69, 9.17) is 9.88 Å². The molecule has 1 aromatic rings. The van der Waals surface area contributed by atoms with Crippen LogP contribution in [0.3, 0.4) is 0 Å². The van der Waals surface area contributed by atoms with E-state index in [9.17, 15) is 13.2 Å². The highest BCUT2D eigenvalue weighted by Gasteiger charge is 2.17. The van der Waals surface area contributed by atoms with E-state index in [1.807, 2.05) is 6.92 Å². The molecule has 1 rings (SSSR count). The molecule has 0 aromatic carbocycles. The molecular formula is C13H22N2O4S. The van der Waals surface area contributed by atoms with Crippen LogP contribution in [0.2, 0.25) is 0 Å². The second kappa shape index (κ2) is 7.44. The van der Waals surface area contributed by atoms with Crippen molar-refractivity contribution in [2.24, 2.45) is 5.14 Å². The number of ether oxygens (including phenoxy) is 1. The molecular weight excluding hydrogens is 280 g/mol. The Balaban J connectivity index is 2.48. The van der Waals surface area contributed by atoms with Crippen molar-refractivity contribution in [3.8, 4) is 0 Å². The van der Waals surface area contributed by atoms with Crippen molar-refractivity contribution in [3.63, 3.8) is 0 Å². The molecule has 7 heteroatoms. The Morgan fingerprint density at radius 2 is 2.10 bits per heavy atom. The highest BCUT2D eigenvalue weighted by atomic mass is 32.2. The molecule has 1 unspecified atom stereocenters. The molecule has 0 saturated heterocycles. The third-order valence-corrected chi connectivity index (χ3v) is 3.87. The molecule has 0 radical (unpaired) electrons. The number of esters is 1. The maximum atomic E-state index is 11.8. The van der Waals surface area contributed by atoms with E-state index in [1.54, 1.807) is 0 Å². The van der Waals surface area contributed by atoms with Crippen molar-refractivity contribution >= 4 is 16.0 Å². The molecule has 6 nitrogen and oxygen atoms in total. The third-order valence-electron chi connectivity index (χ3n) is 2.98. The number of hydrogen-bond acceptors (Lipinski definition) is 4. The first-order valence-corrected chi connectivity index (χ1v) is 8.31. The van der Waals surface area contributed by atoms with Gasteiger partial charge in [-0.25, -0.2) is 18.4 Å². The molecule has 0 aliphatic carbocycles. The molecule has 0 aliphatic heterocycles. The second-order valence-electron chi connectivity index (χ2n) is 4.86. The summed E-state index contributed by atoms with van der Waals surface area (Å²) < 4.78 is 27.4. The Kier molecular flexibility index (Phi) is 6.22. The van der Waals surface area contributed by atoms with Crippen LogP contribution in [0.1, 0.15) is 56.4 Å². The van der Waals surface area contributed by atoms with Crippen molar-refractivity contribution in [2.75, 3.05) is 0 Å². The predicted octanol–water partition coefficient (Wildman–Crippen LogP) is 2.18. The van der Waals surface area contributed by atoms with E-state index in [0.29, 0.717) is 0 Å². The first-order chi connectivity index (χ1) is 9.34. The predicted molar refractivity (Wildman–Crippen MR) is 75.8 cm³/mol. The van der Waals surface area contributed by atoms with Gasteiger partial charge < -0.3 is 9.72 Å². The standard InChI is InChI=1S/C13H22N2O4S/c1-3-4-5-6-7-10(2)19-13(16)12-8-11(9-15-12)20(14,17)18/h8-10,15H,3-7H2,1-2H3,(H2,14,17,18). The van der Waals surface area contributed by atoms with E-state index < -0.39 is 16.0 Å².